The molecule has 1 saturated heterocycles. The number of piperazine rings is 1. The average molecular weight is 359 g/mol. The third-order valence-electron chi connectivity index (χ3n) is 5.32. The highest BCUT2D eigenvalue weighted by molar-refractivity contribution is 5.96. The third kappa shape index (κ3) is 2.28. The molecule has 0 spiro atoms. The van der Waals surface area contributed by atoms with Crippen LogP contribution in [-0.2, 0) is 11.2 Å². The topological polar surface area (TPSA) is 82.8 Å². The molecular formula is C18H18FN3O4. The number of halogens is 1. The lowest BCUT2D eigenvalue weighted by molar-refractivity contribution is -0.118. The minimum Gasteiger partial charge on any atom is -0.477 e. The Morgan fingerprint density at radius 3 is 2.62 bits per heavy atom. The number of carboxylic acids is 1. The van der Waals surface area contributed by atoms with Gasteiger partial charge in [0.1, 0.15) is 11.4 Å². The van der Waals surface area contributed by atoms with Crippen LogP contribution in [0, 0.1) is 5.82 Å². The largest absolute Gasteiger partial charge is 0.477 e. The van der Waals surface area contributed by atoms with Gasteiger partial charge in [-0.25, -0.2) is 9.18 Å². The summed E-state index contributed by atoms with van der Waals surface area (Å²) in [5.41, 5.74) is 0.811. The fourth-order valence-corrected chi connectivity index (χ4v) is 4.04. The molecule has 0 saturated carbocycles. The standard InChI is InChI=1S/C18H18FN3O4/c1-10-6-11-15-12(17(24)13(18(25)26)8-22(10)15)7-14(19)16(11)21-4-2-20(9-23)3-5-21/h7-10H,2-6H2,1H3,(H,25,26). The van der Waals surface area contributed by atoms with Gasteiger partial charge in [-0.2, -0.15) is 0 Å². The second-order valence-corrected chi connectivity index (χ2v) is 6.85. The van der Waals surface area contributed by atoms with Crippen LogP contribution >= 0.6 is 0 Å². The molecule has 1 amide bonds. The summed E-state index contributed by atoms with van der Waals surface area (Å²) in [5.74, 6) is -1.83. The fraction of sp³-hybridized carbons (Fsp3) is 0.389. The van der Waals surface area contributed by atoms with Crippen LogP contribution in [0.2, 0.25) is 0 Å². The Balaban J connectivity index is 1.92. The van der Waals surface area contributed by atoms with Gasteiger partial charge < -0.3 is 19.5 Å². The molecule has 2 aliphatic rings. The van der Waals surface area contributed by atoms with Crippen molar-refractivity contribution in [3.8, 4) is 0 Å². The Morgan fingerprint density at radius 1 is 1.31 bits per heavy atom. The molecule has 3 heterocycles. The normalized spacial score (nSPS) is 19.2. The van der Waals surface area contributed by atoms with Gasteiger partial charge in [0, 0.05) is 49.4 Å². The molecule has 8 heteroatoms. The number of carbonyl (C=O) groups excluding carboxylic acids is 1. The van der Waals surface area contributed by atoms with Crippen molar-refractivity contribution in [3.63, 3.8) is 0 Å². The highest BCUT2D eigenvalue weighted by Crippen LogP contribution is 2.39. The highest BCUT2D eigenvalue weighted by Gasteiger charge is 2.31. The highest BCUT2D eigenvalue weighted by atomic mass is 19.1. The van der Waals surface area contributed by atoms with Crippen molar-refractivity contribution in [1.82, 2.24) is 9.47 Å². The Morgan fingerprint density at radius 2 is 2.00 bits per heavy atom. The van der Waals surface area contributed by atoms with E-state index in [9.17, 15) is 23.9 Å². The number of carbonyl (C=O) groups is 2. The van der Waals surface area contributed by atoms with Crippen LogP contribution in [-0.4, -0.2) is 53.1 Å². The molecule has 0 radical (unpaired) electrons. The van der Waals surface area contributed by atoms with Gasteiger partial charge in [-0.1, -0.05) is 0 Å². The van der Waals surface area contributed by atoms with Crippen molar-refractivity contribution in [2.45, 2.75) is 19.4 Å². The van der Waals surface area contributed by atoms with Gasteiger partial charge in [-0.3, -0.25) is 9.59 Å². The summed E-state index contributed by atoms with van der Waals surface area (Å²) in [6.45, 7) is 3.98. The Kier molecular flexibility index (Phi) is 3.71. The van der Waals surface area contributed by atoms with Gasteiger partial charge in [-0.05, 0) is 19.4 Å². The summed E-state index contributed by atoms with van der Waals surface area (Å²) in [6, 6.07) is 1.09. The molecule has 1 N–H and O–H groups in total. The number of nitrogens with zero attached hydrogens (tertiary/aromatic N) is 3. The molecule has 26 heavy (non-hydrogen) atoms. The number of hydrogen-bond acceptors (Lipinski definition) is 4. The van der Waals surface area contributed by atoms with E-state index in [1.807, 2.05) is 11.8 Å². The summed E-state index contributed by atoms with van der Waals surface area (Å²) in [6.07, 6.45) is 2.68. The molecule has 0 bridgehead atoms. The maximum atomic E-state index is 15.0. The number of aromatic nitrogens is 1. The smallest absolute Gasteiger partial charge is 0.341 e. The molecule has 2 aliphatic heterocycles. The lowest BCUT2D eigenvalue weighted by Crippen LogP contribution is -2.46. The fourth-order valence-electron chi connectivity index (χ4n) is 4.04. The van der Waals surface area contributed by atoms with E-state index in [1.54, 1.807) is 9.47 Å². The minimum atomic E-state index is -1.31. The number of anilines is 1. The van der Waals surface area contributed by atoms with Crippen molar-refractivity contribution in [2.75, 3.05) is 31.1 Å². The van der Waals surface area contributed by atoms with Crippen molar-refractivity contribution < 1.29 is 19.1 Å². The van der Waals surface area contributed by atoms with Crippen molar-refractivity contribution in [2.24, 2.45) is 0 Å². The quantitative estimate of drug-likeness (QED) is 0.834. The van der Waals surface area contributed by atoms with Gasteiger partial charge in [0.25, 0.3) is 0 Å². The molecule has 1 aromatic carbocycles. The molecule has 1 fully saturated rings. The summed E-state index contributed by atoms with van der Waals surface area (Å²) in [7, 11) is 0. The van der Waals surface area contributed by atoms with E-state index in [0.717, 1.165) is 18.0 Å². The van der Waals surface area contributed by atoms with Gasteiger partial charge >= 0.3 is 5.97 Å². The van der Waals surface area contributed by atoms with Crippen LogP contribution in [0.4, 0.5) is 10.1 Å². The Bertz CT molecular complexity index is 992. The Hall–Kier alpha value is -2.90. The van der Waals surface area contributed by atoms with Crippen LogP contribution in [0.5, 0.6) is 0 Å². The molecule has 2 aromatic rings. The van der Waals surface area contributed by atoms with E-state index < -0.39 is 17.2 Å². The van der Waals surface area contributed by atoms with Crippen molar-refractivity contribution in [3.05, 3.63) is 39.4 Å². The number of hydrogen-bond donors (Lipinski definition) is 1. The van der Waals surface area contributed by atoms with Crippen LogP contribution in [0.25, 0.3) is 10.9 Å². The summed E-state index contributed by atoms with van der Waals surface area (Å²) in [4.78, 5) is 38.3. The second-order valence-electron chi connectivity index (χ2n) is 6.85. The summed E-state index contributed by atoms with van der Waals surface area (Å²) < 4.78 is 16.7. The Labute approximate surface area is 148 Å². The summed E-state index contributed by atoms with van der Waals surface area (Å²) >= 11 is 0. The first-order chi connectivity index (χ1) is 12.4. The number of carboxylic acid groups (broad SMARTS) is 1. The molecule has 4 rings (SSSR count). The van der Waals surface area contributed by atoms with Gasteiger partial charge in [-0.15, -0.1) is 0 Å². The van der Waals surface area contributed by atoms with Crippen LogP contribution in [0.1, 0.15) is 28.9 Å². The SMILES string of the molecule is CC1Cc2c(N3CCN(C=O)CC3)c(F)cc3c(=O)c(C(=O)O)cn1c23. The third-order valence-corrected chi connectivity index (χ3v) is 5.32. The van der Waals surface area contributed by atoms with Crippen LogP contribution < -0.4 is 10.3 Å². The molecule has 7 nitrogen and oxygen atoms in total. The zero-order valence-electron chi connectivity index (χ0n) is 14.2. The van der Waals surface area contributed by atoms with Crippen LogP contribution in [0.3, 0.4) is 0 Å². The number of pyridine rings is 1. The predicted molar refractivity (Wildman–Crippen MR) is 93.4 cm³/mol. The predicted octanol–water partition coefficient (Wildman–Crippen LogP) is 1.23. The molecule has 0 aliphatic carbocycles. The maximum Gasteiger partial charge on any atom is 0.341 e. The van der Waals surface area contributed by atoms with E-state index in [0.29, 0.717) is 43.8 Å². The van der Waals surface area contributed by atoms with E-state index in [1.165, 1.54) is 6.20 Å². The van der Waals surface area contributed by atoms with Crippen LogP contribution in [0.15, 0.2) is 17.1 Å². The molecular weight excluding hydrogens is 341 g/mol. The summed E-state index contributed by atoms with van der Waals surface area (Å²) in [5, 5.41) is 9.38. The van der Waals surface area contributed by atoms with E-state index in [4.69, 9.17) is 0 Å². The number of rotatable bonds is 3. The lowest BCUT2D eigenvalue weighted by Gasteiger charge is -2.35. The minimum absolute atomic E-state index is 0.0667. The van der Waals surface area contributed by atoms with Gasteiger partial charge in [0.15, 0.2) is 0 Å². The molecule has 1 unspecified atom stereocenters. The number of aromatic carboxylic acids is 1. The first-order valence-corrected chi connectivity index (χ1v) is 8.50. The second kappa shape index (κ2) is 5.82. The van der Waals surface area contributed by atoms with E-state index in [2.05, 4.69) is 0 Å². The number of amides is 1. The first kappa shape index (κ1) is 16.6. The van der Waals surface area contributed by atoms with Crippen molar-refractivity contribution in [1.29, 1.82) is 0 Å². The number of benzene rings is 1. The zero-order valence-corrected chi connectivity index (χ0v) is 14.2. The lowest BCUT2D eigenvalue weighted by atomic mass is 10.0. The van der Waals surface area contributed by atoms with Gasteiger partial charge in [0.05, 0.1) is 11.2 Å². The van der Waals surface area contributed by atoms with E-state index in [-0.39, 0.29) is 17.0 Å². The van der Waals surface area contributed by atoms with E-state index >= 15 is 0 Å². The molecule has 136 valence electrons. The monoisotopic (exact) mass is 359 g/mol. The van der Waals surface area contributed by atoms with Crippen molar-refractivity contribution >= 4 is 29.0 Å². The molecule has 1 aromatic heterocycles. The first-order valence-electron chi connectivity index (χ1n) is 8.50. The zero-order chi connectivity index (χ0) is 18.6. The van der Waals surface area contributed by atoms with Gasteiger partial charge in [0.2, 0.25) is 11.8 Å². The molecule has 1 atom stereocenters. The average Bonchev–Trinajstić information content (AvgIpc) is 2.94. The maximum absolute atomic E-state index is 15.0.